The molecular formula is C12H18FIO2. The van der Waals surface area contributed by atoms with E-state index in [9.17, 15) is 0 Å². The zero-order valence-corrected chi connectivity index (χ0v) is 11.5. The second-order valence-electron chi connectivity index (χ2n) is 5.04. The fourth-order valence-electron chi connectivity index (χ4n) is 3.06. The van der Waals surface area contributed by atoms with Gasteiger partial charge in [-0.1, -0.05) is 6.42 Å². The van der Waals surface area contributed by atoms with E-state index in [1.54, 1.807) is 5.92 Å². The third-order valence-corrected chi connectivity index (χ3v) is 5.10. The molecule has 16 heavy (non-hydrogen) atoms. The standard InChI is InChI=1S/C12H18IO2.FH/c13-7-9-6-11-10(9)8-14-12(15-11)4-2-1-3-5-12;/h10-11H,1-8H2;1H/q+1;/p-1/t10-,11+;/m1./s1. The number of hydrogen-bond acceptors (Lipinski definition) is 2. The quantitative estimate of drug-likeness (QED) is 0.383. The van der Waals surface area contributed by atoms with Crippen LogP contribution in [0.1, 0.15) is 38.5 Å². The largest absolute Gasteiger partial charge is 1.00 e. The molecule has 3 rings (SSSR count). The molecule has 1 aliphatic heterocycles. The number of hydrogen-bond donors (Lipinski definition) is 0. The van der Waals surface area contributed by atoms with Crippen LogP contribution < -0.4 is 4.70 Å². The maximum Gasteiger partial charge on any atom is 0.169 e. The molecule has 2 aliphatic carbocycles. The van der Waals surface area contributed by atoms with Crippen LogP contribution in [-0.4, -0.2) is 22.9 Å². The van der Waals surface area contributed by atoms with Crippen LogP contribution in [-0.2, 0) is 9.47 Å². The van der Waals surface area contributed by atoms with E-state index >= 15 is 0 Å². The zero-order valence-electron chi connectivity index (χ0n) is 9.38. The van der Waals surface area contributed by atoms with Crippen molar-refractivity contribution in [2.45, 2.75) is 50.4 Å². The smallest absolute Gasteiger partial charge is 0.169 e. The molecule has 0 N–H and O–H groups in total. The Bertz CT molecular complexity index is 243. The van der Waals surface area contributed by atoms with Gasteiger partial charge < -0.3 is 14.2 Å². The number of ether oxygens (including phenoxy) is 2. The summed E-state index contributed by atoms with van der Waals surface area (Å²) in [6, 6.07) is 0. The molecule has 92 valence electrons. The van der Waals surface area contributed by atoms with Gasteiger partial charge in [0, 0.05) is 12.8 Å². The molecule has 1 spiro atoms. The van der Waals surface area contributed by atoms with E-state index in [1.165, 1.54) is 30.1 Å². The summed E-state index contributed by atoms with van der Waals surface area (Å²) in [4.78, 5) is 0. The fourth-order valence-corrected chi connectivity index (χ4v) is 3.94. The molecule has 4 heteroatoms. The first kappa shape index (κ1) is 12.9. The second kappa shape index (κ2) is 4.98. The summed E-state index contributed by atoms with van der Waals surface area (Å²) < 4.78 is 13.4. The minimum Gasteiger partial charge on any atom is -1.00 e. The van der Waals surface area contributed by atoms with Gasteiger partial charge >= 0.3 is 0 Å². The Balaban J connectivity index is 0.000000963. The molecule has 0 aromatic heterocycles. The van der Waals surface area contributed by atoms with E-state index in [2.05, 4.69) is 22.6 Å². The van der Waals surface area contributed by atoms with E-state index in [1.807, 2.05) is 0 Å². The molecular weight excluding hydrogens is 322 g/mol. The highest BCUT2D eigenvalue weighted by Gasteiger charge is 2.58. The third kappa shape index (κ3) is 2.08. The summed E-state index contributed by atoms with van der Waals surface area (Å²) in [6.45, 7) is 0.920. The highest BCUT2D eigenvalue weighted by atomic mass is 127. The molecule has 3 fully saturated rings. The van der Waals surface area contributed by atoms with Crippen molar-refractivity contribution < 1.29 is 14.2 Å². The minimum atomic E-state index is -0.170. The topological polar surface area (TPSA) is 18.5 Å². The molecule has 2 saturated carbocycles. The van der Waals surface area contributed by atoms with Crippen LogP contribution in [0.25, 0.3) is 0 Å². The Morgan fingerprint density at radius 3 is 2.62 bits per heavy atom. The van der Waals surface area contributed by atoms with Gasteiger partial charge in [-0.3, -0.25) is 0 Å². The first-order chi connectivity index (χ1) is 7.33. The van der Waals surface area contributed by atoms with Crippen LogP contribution in [0.5, 0.6) is 0 Å². The molecule has 2 atom stereocenters. The van der Waals surface area contributed by atoms with Crippen LogP contribution in [0.3, 0.4) is 0 Å². The van der Waals surface area contributed by atoms with Crippen LogP contribution in [0.4, 0.5) is 0 Å². The van der Waals surface area contributed by atoms with Gasteiger partial charge in [0.1, 0.15) is 22.9 Å². The summed E-state index contributed by atoms with van der Waals surface area (Å²) in [5.74, 6) is 2.09. The SMILES string of the molecule is IC[C+]1C[C@@H]2OC3(CCCCC3)OC[C@H]12.[F-]. The van der Waals surface area contributed by atoms with Crippen molar-refractivity contribution in [1.82, 2.24) is 0 Å². The van der Waals surface area contributed by atoms with Crippen molar-refractivity contribution in [3.05, 3.63) is 5.92 Å². The predicted octanol–water partition coefficient (Wildman–Crippen LogP) is 0.0956. The monoisotopic (exact) mass is 340 g/mol. The maximum atomic E-state index is 6.20. The first-order valence-electron chi connectivity index (χ1n) is 6.05. The van der Waals surface area contributed by atoms with Gasteiger partial charge in [-0.25, -0.2) is 0 Å². The van der Waals surface area contributed by atoms with Crippen molar-refractivity contribution in [3.8, 4) is 0 Å². The molecule has 0 radical (unpaired) electrons. The Labute approximate surface area is 110 Å². The normalized spacial score (nSPS) is 36.2. The highest BCUT2D eigenvalue weighted by molar-refractivity contribution is 14.1. The number of fused-ring (bicyclic) bond motifs is 1. The molecule has 0 unspecified atom stereocenters. The molecule has 0 aromatic carbocycles. The van der Waals surface area contributed by atoms with Gasteiger partial charge in [0.05, 0.1) is 6.61 Å². The van der Waals surface area contributed by atoms with Gasteiger partial charge in [-0.15, -0.1) is 0 Å². The Hall–Kier alpha value is 0.450. The average molecular weight is 340 g/mol. The molecule has 2 nitrogen and oxygen atoms in total. The van der Waals surface area contributed by atoms with E-state index in [-0.39, 0.29) is 10.5 Å². The van der Waals surface area contributed by atoms with Crippen LogP contribution in [0, 0.1) is 11.8 Å². The Morgan fingerprint density at radius 2 is 2.00 bits per heavy atom. The number of alkyl halides is 1. The summed E-state index contributed by atoms with van der Waals surface area (Å²) in [6.07, 6.45) is 7.83. The number of halogens is 2. The van der Waals surface area contributed by atoms with E-state index in [0.29, 0.717) is 12.0 Å². The van der Waals surface area contributed by atoms with Gasteiger partial charge in [0.25, 0.3) is 0 Å². The van der Waals surface area contributed by atoms with Crippen molar-refractivity contribution in [3.63, 3.8) is 0 Å². The van der Waals surface area contributed by atoms with Crippen LogP contribution in [0.15, 0.2) is 0 Å². The summed E-state index contributed by atoms with van der Waals surface area (Å²) in [5.41, 5.74) is 0. The van der Waals surface area contributed by atoms with Crippen LogP contribution in [0.2, 0.25) is 0 Å². The first-order valence-corrected chi connectivity index (χ1v) is 7.58. The summed E-state index contributed by atoms with van der Waals surface area (Å²) in [5, 5.41) is 0. The van der Waals surface area contributed by atoms with Gasteiger partial charge in [0.2, 0.25) is 0 Å². The van der Waals surface area contributed by atoms with Crippen LogP contribution >= 0.6 is 22.6 Å². The molecule has 0 amide bonds. The van der Waals surface area contributed by atoms with Crippen molar-refractivity contribution >= 4 is 22.6 Å². The molecule has 0 aromatic rings. The average Bonchev–Trinajstić information content (AvgIpc) is 2.24. The molecule has 1 saturated heterocycles. The lowest BCUT2D eigenvalue weighted by Gasteiger charge is -2.48. The zero-order chi connectivity index (χ0) is 10.3. The minimum absolute atomic E-state index is 0. The predicted molar refractivity (Wildman–Crippen MR) is 66.9 cm³/mol. The highest BCUT2D eigenvalue weighted by Crippen LogP contribution is 2.49. The van der Waals surface area contributed by atoms with E-state index in [4.69, 9.17) is 9.47 Å². The lowest BCUT2D eigenvalue weighted by Crippen LogP contribution is -3.00. The fraction of sp³-hybridized carbons (Fsp3) is 0.917. The van der Waals surface area contributed by atoms with Gasteiger partial charge in [-0.2, -0.15) is 0 Å². The molecule has 1 heterocycles. The lowest BCUT2D eigenvalue weighted by molar-refractivity contribution is -0.334. The molecule has 3 aliphatic rings. The van der Waals surface area contributed by atoms with Crippen molar-refractivity contribution in [1.29, 1.82) is 0 Å². The maximum absolute atomic E-state index is 6.20. The molecule has 0 bridgehead atoms. The third-order valence-electron chi connectivity index (χ3n) is 4.12. The lowest BCUT2D eigenvalue weighted by atomic mass is 9.71. The summed E-state index contributed by atoms with van der Waals surface area (Å²) in [7, 11) is 0. The second-order valence-corrected chi connectivity index (χ2v) is 5.80. The summed E-state index contributed by atoms with van der Waals surface area (Å²) >= 11 is 2.45. The van der Waals surface area contributed by atoms with E-state index < -0.39 is 0 Å². The van der Waals surface area contributed by atoms with Gasteiger partial charge in [-0.05, 0) is 35.4 Å². The van der Waals surface area contributed by atoms with Crippen molar-refractivity contribution in [2.24, 2.45) is 5.92 Å². The van der Waals surface area contributed by atoms with Gasteiger partial charge in [0.15, 0.2) is 11.7 Å². The Morgan fingerprint density at radius 1 is 1.25 bits per heavy atom. The Kier molecular flexibility index (Phi) is 4.01. The van der Waals surface area contributed by atoms with Crippen molar-refractivity contribution in [2.75, 3.05) is 11.0 Å². The number of rotatable bonds is 1. The van der Waals surface area contributed by atoms with E-state index in [0.717, 1.165) is 19.4 Å².